The zero-order valence-corrected chi connectivity index (χ0v) is 8.49. The van der Waals surface area contributed by atoms with Gasteiger partial charge in [-0.2, -0.15) is 0 Å². The van der Waals surface area contributed by atoms with Crippen molar-refractivity contribution in [2.45, 2.75) is 12.5 Å². The van der Waals surface area contributed by atoms with E-state index >= 15 is 0 Å². The Bertz CT molecular complexity index is 330. The van der Waals surface area contributed by atoms with Crippen molar-refractivity contribution in [3.05, 3.63) is 29.0 Å². The maximum Gasteiger partial charge on any atom is 0.307 e. The molecular weight excluding hydrogens is 204 g/mol. The molecule has 0 saturated heterocycles. The summed E-state index contributed by atoms with van der Waals surface area (Å²) in [4.78, 5) is 14.8. The lowest BCUT2D eigenvalue weighted by atomic mass is 10.1. The maximum absolute atomic E-state index is 10.9. The smallest absolute Gasteiger partial charge is 0.307 e. The molecule has 0 radical (unpaired) electrons. The van der Waals surface area contributed by atoms with Crippen LogP contribution in [0.1, 0.15) is 18.0 Å². The van der Waals surface area contributed by atoms with Gasteiger partial charge in [-0.1, -0.05) is 11.6 Å². The molecule has 1 heterocycles. The van der Waals surface area contributed by atoms with Crippen LogP contribution >= 0.6 is 11.6 Å². The van der Waals surface area contributed by atoms with E-state index in [9.17, 15) is 4.79 Å². The number of hydrogen-bond donors (Lipinski definition) is 1. The Morgan fingerprint density at radius 2 is 2.50 bits per heavy atom. The Hall–Kier alpha value is -1.13. The summed E-state index contributed by atoms with van der Waals surface area (Å²) in [5, 5.41) is 0.462. The van der Waals surface area contributed by atoms with Crippen LogP contribution in [0.3, 0.4) is 0 Å². The summed E-state index contributed by atoms with van der Waals surface area (Å²) < 4.78 is 4.50. The molecule has 4 nitrogen and oxygen atoms in total. The summed E-state index contributed by atoms with van der Waals surface area (Å²) in [6.07, 6.45) is 3.19. The monoisotopic (exact) mass is 214 g/mol. The van der Waals surface area contributed by atoms with Gasteiger partial charge in [0, 0.05) is 18.4 Å². The van der Waals surface area contributed by atoms with Crippen LogP contribution in [0, 0.1) is 0 Å². The van der Waals surface area contributed by atoms with Gasteiger partial charge in [0.1, 0.15) is 0 Å². The minimum atomic E-state index is -0.446. The van der Waals surface area contributed by atoms with Gasteiger partial charge in [0.25, 0.3) is 0 Å². The number of carbonyl (C=O) groups is 1. The first kappa shape index (κ1) is 10.9. The highest BCUT2D eigenvalue weighted by Crippen LogP contribution is 2.22. The van der Waals surface area contributed by atoms with Crippen molar-refractivity contribution in [3.63, 3.8) is 0 Å². The fourth-order valence-corrected chi connectivity index (χ4v) is 1.32. The van der Waals surface area contributed by atoms with Gasteiger partial charge in [-0.05, 0) is 11.6 Å². The number of ether oxygens (including phenoxy) is 1. The van der Waals surface area contributed by atoms with Crippen LogP contribution in [0.15, 0.2) is 18.5 Å². The molecule has 0 saturated carbocycles. The van der Waals surface area contributed by atoms with Gasteiger partial charge < -0.3 is 10.5 Å². The van der Waals surface area contributed by atoms with E-state index in [1.165, 1.54) is 13.3 Å². The predicted molar refractivity (Wildman–Crippen MR) is 52.8 cm³/mol. The number of halogens is 1. The fraction of sp³-hybridized carbons (Fsp3) is 0.333. The zero-order chi connectivity index (χ0) is 10.6. The van der Waals surface area contributed by atoms with E-state index in [-0.39, 0.29) is 12.4 Å². The molecule has 0 aromatic carbocycles. The topological polar surface area (TPSA) is 65.2 Å². The molecule has 1 atom stereocenters. The van der Waals surface area contributed by atoms with Gasteiger partial charge >= 0.3 is 5.97 Å². The number of rotatable bonds is 3. The highest BCUT2D eigenvalue weighted by Gasteiger charge is 2.14. The summed E-state index contributed by atoms with van der Waals surface area (Å²) >= 11 is 5.85. The van der Waals surface area contributed by atoms with Crippen LogP contribution in [0.5, 0.6) is 0 Å². The molecule has 2 N–H and O–H groups in total. The normalized spacial score (nSPS) is 12.2. The summed E-state index contributed by atoms with van der Waals surface area (Å²) in [6.45, 7) is 0. The maximum atomic E-state index is 10.9. The Morgan fingerprint density at radius 3 is 3.07 bits per heavy atom. The van der Waals surface area contributed by atoms with Crippen molar-refractivity contribution in [1.29, 1.82) is 0 Å². The Balaban J connectivity index is 2.74. The highest BCUT2D eigenvalue weighted by molar-refractivity contribution is 6.31. The molecule has 1 aromatic rings. The molecule has 0 fully saturated rings. The van der Waals surface area contributed by atoms with E-state index in [0.29, 0.717) is 10.6 Å². The molecular formula is C9H11ClN2O2. The van der Waals surface area contributed by atoms with E-state index in [0.717, 1.165) is 0 Å². The summed E-state index contributed by atoms with van der Waals surface area (Å²) in [6, 6.07) is 1.24. The van der Waals surface area contributed by atoms with Crippen LogP contribution in [-0.4, -0.2) is 18.1 Å². The summed E-state index contributed by atoms with van der Waals surface area (Å²) in [5.41, 5.74) is 6.46. The van der Waals surface area contributed by atoms with Gasteiger partial charge in [-0.15, -0.1) is 0 Å². The number of nitrogens with zero attached hydrogens (tertiary/aromatic N) is 1. The highest BCUT2D eigenvalue weighted by atomic mass is 35.5. The molecule has 1 rings (SSSR count). The second-order valence-corrected chi connectivity index (χ2v) is 3.19. The van der Waals surface area contributed by atoms with Crippen molar-refractivity contribution in [3.8, 4) is 0 Å². The molecule has 1 unspecified atom stereocenters. The molecule has 76 valence electrons. The third kappa shape index (κ3) is 2.68. The van der Waals surface area contributed by atoms with Crippen LogP contribution in [0.2, 0.25) is 5.02 Å². The minimum Gasteiger partial charge on any atom is -0.469 e. The van der Waals surface area contributed by atoms with Gasteiger partial charge in [0.15, 0.2) is 0 Å². The first-order valence-corrected chi connectivity index (χ1v) is 4.44. The van der Waals surface area contributed by atoms with Crippen molar-refractivity contribution in [2.75, 3.05) is 7.11 Å². The van der Waals surface area contributed by atoms with Crippen molar-refractivity contribution in [2.24, 2.45) is 5.73 Å². The SMILES string of the molecule is COC(=O)CC(N)c1ccncc1Cl. The number of hydrogen-bond acceptors (Lipinski definition) is 4. The molecule has 0 aliphatic heterocycles. The second-order valence-electron chi connectivity index (χ2n) is 2.78. The van der Waals surface area contributed by atoms with Crippen LogP contribution in [0.4, 0.5) is 0 Å². The largest absolute Gasteiger partial charge is 0.469 e. The van der Waals surface area contributed by atoms with E-state index in [2.05, 4.69) is 9.72 Å². The van der Waals surface area contributed by atoms with E-state index in [1.807, 2.05) is 0 Å². The molecule has 0 bridgehead atoms. The van der Waals surface area contributed by atoms with Crippen LogP contribution < -0.4 is 5.73 Å². The number of aromatic nitrogens is 1. The van der Waals surface area contributed by atoms with Gasteiger partial charge in [0.2, 0.25) is 0 Å². The lowest BCUT2D eigenvalue weighted by Crippen LogP contribution is -2.16. The van der Waals surface area contributed by atoms with E-state index < -0.39 is 6.04 Å². The Morgan fingerprint density at radius 1 is 1.79 bits per heavy atom. The van der Waals surface area contributed by atoms with Gasteiger partial charge in [-0.3, -0.25) is 9.78 Å². The number of pyridine rings is 1. The molecule has 14 heavy (non-hydrogen) atoms. The number of carbonyl (C=O) groups excluding carboxylic acids is 1. The molecule has 0 amide bonds. The van der Waals surface area contributed by atoms with Gasteiger partial charge in [-0.25, -0.2) is 0 Å². The molecule has 0 aliphatic carbocycles. The minimum absolute atomic E-state index is 0.111. The van der Waals surface area contributed by atoms with E-state index in [4.69, 9.17) is 17.3 Å². The molecule has 0 spiro atoms. The second kappa shape index (κ2) is 4.93. The summed E-state index contributed by atoms with van der Waals surface area (Å²) in [7, 11) is 1.32. The number of esters is 1. The first-order chi connectivity index (χ1) is 6.65. The Labute approximate surface area is 87.0 Å². The lowest BCUT2D eigenvalue weighted by Gasteiger charge is -2.11. The van der Waals surface area contributed by atoms with Crippen molar-refractivity contribution < 1.29 is 9.53 Å². The third-order valence-corrected chi connectivity index (χ3v) is 2.13. The molecule has 1 aromatic heterocycles. The molecule has 5 heteroatoms. The standard InChI is InChI=1S/C9H11ClN2O2/c1-14-9(13)4-8(11)6-2-3-12-5-7(6)10/h2-3,5,8H,4,11H2,1H3. The van der Waals surface area contributed by atoms with Crippen molar-refractivity contribution in [1.82, 2.24) is 4.98 Å². The van der Waals surface area contributed by atoms with Crippen LogP contribution in [0.25, 0.3) is 0 Å². The zero-order valence-electron chi connectivity index (χ0n) is 7.74. The average molecular weight is 215 g/mol. The van der Waals surface area contributed by atoms with Crippen LogP contribution in [-0.2, 0) is 9.53 Å². The lowest BCUT2D eigenvalue weighted by molar-refractivity contribution is -0.141. The number of nitrogens with two attached hydrogens (primary N) is 1. The Kier molecular flexibility index (Phi) is 3.85. The van der Waals surface area contributed by atoms with E-state index in [1.54, 1.807) is 12.3 Å². The average Bonchev–Trinajstić information content (AvgIpc) is 2.18. The number of methoxy groups -OCH3 is 1. The predicted octanol–water partition coefficient (Wildman–Crippen LogP) is 1.30. The molecule has 0 aliphatic rings. The third-order valence-electron chi connectivity index (χ3n) is 1.82. The fourth-order valence-electron chi connectivity index (χ4n) is 1.06. The summed E-state index contributed by atoms with van der Waals surface area (Å²) in [5.74, 6) is -0.356. The van der Waals surface area contributed by atoms with Gasteiger partial charge in [0.05, 0.1) is 18.6 Å². The van der Waals surface area contributed by atoms with Crippen molar-refractivity contribution >= 4 is 17.6 Å². The first-order valence-electron chi connectivity index (χ1n) is 4.07. The quantitative estimate of drug-likeness (QED) is 0.771.